The SMILES string of the molecule is CCCc1noc(C)c1[N+](=O)[O-]. The van der Waals surface area contributed by atoms with Gasteiger partial charge in [0.25, 0.3) is 0 Å². The van der Waals surface area contributed by atoms with E-state index in [0.717, 1.165) is 6.42 Å². The molecule has 0 N–H and O–H groups in total. The monoisotopic (exact) mass is 170 g/mol. The average molecular weight is 170 g/mol. The van der Waals surface area contributed by atoms with E-state index < -0.39 is 4.92 Å². The van der Waals surface area contributed by atoms with Gasteiger partial charge in [-0.3, -0.25) is 10.1 Å². The molecule has 0 aliphatic heterocycles. The minimum absolute atomic E-state index is 0.0249. The molecule has 12 heavy (non-hydrogen) atoms. The molecule has 0 spiro atoms. The molecule has 66 valence electrons. The minimum atomic E-state index is -0.448. The summed E-state index contributed by atoms with van der Waals surface area (Å²) in [6, 6.07) is 0. The third-order valence-electron chi connectivity index (χ3n) is 1.57. The summed E-state index contributed by atoms with van der Waals surface area (Å²) in [6.45, 7) is 3.48. The fourth-order valence-electron chi connectivity index (χ4n) is 1.05. The Morgan fingerprint density at radius 1 is 1.67 bits per heavy atom. The van der Waals surface area contributed by atoms with Crippen molar-refractivity contribution in [1.82, 2.24) is 5.16 Å². The van der Waals surface area contributed by atoms with Gasteiger partial charge >= 0.3 is 5.69 Å². The molecule has 5 nitrogen and oxygen atoms in total. The average Bonchev–Trinajstić information content (AvgIpc) is 2.32. The molecule has 0 atom stereocenters. The second kappa shape index (κ2) is 3.34. The number of hydrogen-bond donors (Lipinski definition) is 0. The maximum atomic E-state index is 10.5. The fourth-order valence-corrected chi connectivity index (χ4v) is 1.05. The van der Waals surface area contributed by atoms with E-state index in [-0.39, 0.29) is 11.4 Å². The fraction of sp³-hybridized carbons (Fsp3) is 0.571. The van der Waals surface area contributed by atoms with Crippen molar-refractivity contribution in [3.63, 3.8) is 0 Å². The summed E-state index contributed by atoms with van der Waals surface area (Å²) in [5.74, 6) is 0.281. The Kier molecular flexibility index (Phi) is 2.42. The van der Waals surface area contributed by atoms with Crippen molar-refractivity contribution >= 4 is 5.69 Å². The van der Waals surface area contributed by atoms with Crippen LogP contribution in [0.15, 0.2) is 4.52 Å². The largest absolute Gasteiger partial charge is 0.354 e. The lowest BCUT2D eigenvalue weighted by Crippen LogP contribution is -1.93. The Hall–Kier alpha value is -1.39. The molecule has 1 aromatic rings. The van der Waals surface area contributed by atoms with Crippen LogP contribution in [0.1, 0.15) is 24.8 Å². The van der Waals surface area contributed by atoms with Gasteiger partial charge in [0.05, 0.1) is 4.92 Å². The summed E-state index contributed by atoms with van der Waals surface area (Å²) in [6.07, 6.45) is 1.42. The van der Waals surface area contributed by atoms with Gasteiger partial charge in [-0.2, -0.15) is 0 Å². The molecule has 1 aromatic heterocycles. The maximum Gasteiger partial charge on any atom is 0.334 e. The third-order valence-corrected chi connectivity index (χ3v) is 1.57. The Labute approximate surface area is 69.5 Å². The zero-order valence-corrected chi connectivity index (χ0v) is 7.03. The van der Waals surface area contributed by atoms with E-state index in [1.54, 1.807) is 6.92 Å². The Bertz CT molecular complexity index is 293. The quantitative estimate of drug-likeness (QED) is 0.512. The lowest BCUT2D eigenvalue weighted by Gasteiger charge is -1.89. The molecule has 0 amide bonds. The first-order valence-electron chi connectivity index (χ1n) is 3.76. The van der Waals surface area contributed by atoms with E-state index in [4.69, 9.17) is 4.52 Å². The van der Waals surface area contributed by atoms with Crippen LogP contribution in [-0.4, -0.2) is 10.1 Å². The second-order valence-corrected chi connectivity index (χ2v) is 2.54. The first-order valence-corrected chi connectivity index (χ1v) is 3.76. The Morgan fingerprint density at radius 2 is 2.33 bits per heavy atom. The molecular weight excluding hydrogens is 160 g/mol. The highest BCUT2D eigenvalue weighted by Gasteiger charge is 2.22. The van der Waals surface area contributed by atoms with Gasteiger partial charge in [-0.15, -0.1) is 0 Å². The molecule has 0 radical (unpaired) electrons. The predicted octanol–water partition coefficient (Wildman–Crippen LogP) is 1.84. The van der Waals surface area contributed by atoms with Crippen molar-refractivity contribution in [3.05, 3.63) is 21.6 Å². The van der Waals surface area contributed by atoms with Crippen molar-refractivity contribution in [1.29, 1.82) is 0 Å². The Balaban J connectivity index is 3.04. The molecule has 0 aromatic carbocycles. The molecule has 0 bridgehead atoms. The van der Waals surface area contributed by atoms with Gasteiger partial charge in [0, 0.05) is 6.92 Å². The summed E-state index contributed by atoms with van der Waals surface area (Å²) in [4.78, 5) is 10.0. The van der Waals surface area contributed by atoms with Crippen LogP contribution in [0.5, 0.6) is 0 Å². The summed E-state index contributed by atoms with van der Waals surface area (Å²) in [5.41, 5.74) is 0.469. The molecule has 5 heteroatoms. The minimum Gasteiger partial charge on any atom is -0.354 e. The first kappa shape index (κ1) is 8.70. The number of nitro groups is 1. The van der Waals surface area contributed by atoms with Crippen molar-refractivity contribution in [3.8, 4) is 0 Å². The lowest BCUT2D eigenvalue weighted by molar-refractivity contribution is -0.386. The van der Waals surface area contributed by atoms with Gasteiger partial charge in [0.1, 0.15) is 0 Å². The van der Waals surface area contributed by atoms with Crippen LogP contribution in [0.25, 0.3) is 0 Å². The van der Waals surface area contributed by atoms with Gasteiger partial charge < -0.3 is 4.52 Å². The molecule has 0 unspecified atom stereocenters. The normalized spacial score (nSPS) is 10.2. The van der Waals surface area contributed by atoms with Crippen LogP contribution in [-0.2, 0) is 6.42 Å². The van der Waals surface area contributed by atoms with Crippen molar-refractivity contribution in [2.24, 2.45) is 0 Å². The molecule has 0 saturated heterocycles. The van der Waals surface area contributed by atoms with Crippen molar-refractivity contribution in [2.45, 2.75) is 26.7 Å². The van der Waals surface area contributed by atoms with Gasteiger partial charge in [-0.1, -0.05) is 18.5 Å². The van der Waals surface area contributed by atoms with E-state index in [9.17, 15) is 10.1 Å². The summed E-state index contributed by atoms with van der Waals surface area (Å²) in [5, 5.41) is 14.1. The van der Waals surface area contributed by atoms with Crippen LogP contribution in [0, 0.1) is 17.0 Å². The topological polar surface area (TPSA) is 69.2 Å². The summed E-state index contributed by atoms with van der Waals surface area (Å²) < 4.78 is 4.72. The molecule has 1 rings (SSSR count). The summed E-state index contributed by atoms with van der Waals surface area (Å²) >= 11 is 0. The third kappa shape index (κ3) is 1.44. The molecule has 1 heterocycles. The van der Waals surface area contributed by atoms with Crippen LogP contribution in [0.2, 0.25) is 0 Å². The molecule has 0 aliphatic carbocycles. The molecular formula is C7H10N2O3. The highest BCUT2D eigenvalue weighted by molar-refractivity contribution is 5.37. The number of aryl methyl sites for hydroxylation is 2. The van der Waals surface area contributed by atoms with Crippen LogP contribution in [0.3, 0.4) is 0 Å². The van der Waals surface area contributed by atoms with E-state index in [1.807, 2.05) is 6.92 Å². The number of hydrogen-bond acceptors (Lipinski definition) is 4. The van der Waals surface area contributed by atoms with Gasteiger partial charge in [-0.05, 0) is 6.42 Å². The van der Waals surface area contributed by atoms with E-state index in [2.05, 4.69) is 5.16 Å². The van der Waals surface area contributed by atoms with E-state index in [0.29, 0.717) is 12.1 Å². The maximum absolute atomic E-state index is 10.5. The highest BCUT2D eigenvalue weighted by Crippen LogP contribution is 2.23. The molecule has 0 fully saturated rings. The number of aromatic nitrogens is 1. The first-order chi connectivity index (χ1) is 5.66. The molecule has 0 saturated carbocycles. The van der Waals surface area contributed by atoms with Gasteiger partial charge in [-0.25, -0.2) is 0 Å². The zero-order chi connectivity index (χ0) is 9.14. The lowest BCUT2D eigenvalue weighted by atomic mass is 10.2. The standard InChI is InChI=1S/C7H10N2O3/c1-3-4-6-7(9(10)11)5(2)12-8-6/h3-4H2,1-2H3. The van der Waals surface area contributed by atoms with Crippen LogP contribution < -0.4 is 0 Å². The van der Waals surface area contributed by atoms with Crippen molar-refractivity contribution < 1.29 is 9.45 Å². The van der Waals surface area contributed by atoms with Crippen LogP contribution >= 0.6 is 0 Å². The van der Waals surface area contributed by atoms with E-state index in [1.165, 1.54) is 0 Å². The van der Waals surface area contributed by atoms with E-state index >= 15 is 0 Å². The van der Waals surface area contributed by atoms with Gasteiger partial charge in [0.2, 0.25) is 5.76 Å². The molecule has 0 aliphatic rings. The number of rotatable bonds is 3. The Morgan fingerprint density at radius 3 is 2.83 bits per heavy atom. The zero-order valence-electron chi connectivity index (χ0n) is 7.03. The summed E-state index contributed by atoms with van der Waals surface area (Å²) in [7, 11) is 0. The van der Waals surface area contributed by atoms with Crippen molar-refractivity contribution in [2.75, 3.05) is 0 Å². The smallest absolute Gasteiger partial charge is 0.334 e. The number of nitrogens with zero attached hydrogens (tertiary/aromatic N) is 2. The second-order valence-electron chi connectivity index (χ2n) is 2.54. The van der Waals surface area contributed by atoms with Gasteiger partial charge in [0.15, 0.2) is 5.69 Å². The highest BCUT2D eigenvalue weighted by atomic mass is 16.6. The van der Waals surface area contributed by atoms with Crippen LogP contribution in [0.4, 0.5) is 5.69 Å². The predicted molar refractivity (Wildman–Crippen MR) is 41.9 cm³/mol.